The van der Waals surface area contributed by atoms with Crippen molar-refractivity contribution in [1.29, 1.82) is 0 Å². The Kier molecular flexibility index (Phi) is 5.37. The molecule has 1 spiro atoms. The Labute approximate surface area is 185 Å². The summed E-state index contributed by atoms with van der Waals surface area (Å²) in [5.41, 5.74) is -1.27. The number of ether oxygens (including phenoxy) is 3. The van der Waals surface area contributed by atoms with Gasteiger partial charge in [0, 0.05) is 11.3 Å². The lowest BCUT2D eigenvalue weighted by Gasteiger charge is -2.47. The number of alkyl halides is 3. The highest BCUT2D eigenvalue weighted by Gasteiger charge is 2.90. The van der Waals surface area contributed by atoms with Gasteiger partial charge < -0.3 is 14.2 Å². The maximum absolute atomic E-state index is 13.4. The molecule has 3 aliphatic carbocycles. The van der Waals surface area contributed by atoms with Crippen molar-refractivity contribution in [2.24, 2.45) is 46.3 Å². The third-order valence-corrected chi connectivity index (χ3v) is 8.52. The first-order valence-corrected chi connectivity index (χ1v) is 11.4. The molecule has 1 heterocycles. The second-order valence-corrected chi connectivity index (χ2v) is 10.8. The van der Waals surface area contributed by atoms with E-state index in [1.54, 1.807) is 0 Å². The smallest absolute Gasteiger partial charge is 0.422 e. The molecule has 0 bridgehead atoms. The Hall–Kier alpha value is -1.80. The number of hydrogen-bond donors (Lipinski definition) is 0. The van der Waals surface area contributed by atoms with Crippen LogP contribution in [0, 0.1) is 46.3 Å². The maximum Gasteiger partial charge on any atom is 0.422 e. The van der Waals surface area contributed by atoms with Gasteiger partial charge in [-0.2, -0.15) is 13.2 Å². The first-order valence-electron chi connectivity index (χ1n) is 11.4. The van der Waals surface area contributed by atoms with Gasteiger partial charge in [0.15, 0.2) is 6.61 Å². The van der Waals surface area contributed by atoms with E-state index in [-0.39, 0.29) is 29.6 Å². The van der Waals surface area contributed by atoms with E-state index in [9.17, 15) is 27.6 Å². The second-order valence-electron chi connectivity index (χ2n) is 10.8. The number of esters is 3. The van der Waals surface area contributed by atoms with Crippen molar-refractivity contribution in [2.45, 2.75) is 72.3 Å². The van der Waals surface area contributed by atoms with E-state index in [0.29, 0.717) is 12.8 Å². The number of hydrogen-bond acceptors (Lipinski definition) is 6. The molecule has 0 N–H and O–H groups in total. The Balaban J connectivity index is 1.52. The first kappa shape index (κ1) is 23.4. The third kappa shape index (κ3) is 3.24. The molecular weight excluding hydrogens is 429 g/mol. The van der Waals surface area contributed by atoms with Gasteiger partial charge in [0.05, 0.1) is 17.3 Å². The molecule has 3 saturated carbocycles. The predicted octanol–water partition coefficient (Wildman–Crippen LogP) is 3.91. The lowest BCUT2D eigenvalue weighted by atomic mass is 9.63. The maximum atomic E-state index is 13.4. The highest BCUT2D eigenvalue weighted by Crippen LogP contribution is 2.82. The van der Waals surface area contributed by atoms with Crippen molar-refractivity contribution in [1.82, 2.24) is 0 Å². The van der Waals surface area contributed by atoms with Gasteiger partial charge in [0.1, 0.15) is 12.2 Å². The fourth-order valence-corrected chi connectivity index (χ4v) is 6.79. The zero-order valence-corrected chi connectivity index (χ0v) is 19.0. The van der Waals surface area contributed by atoms with Crippen LogP contribution in [0.4, 0.5) is 13.2 Å². The lowest BCUT2D eigenvalue weighted by Crippen LogP contribution is -2.59. The normalized spacial score (nSPS) is 39.3. The SMILES string of the molecule is CCC(C)C(C)(CC(C)C)C(=O)OC1C2OC(=O)C3C(C(=O)OCC(F)(F)F)C4CC41C23. The highest BCUT2D eigenvalue weighted by atomic mass is 19.4. The quantitative estimate of drug-likeness (QED) is 0.404. The molecule has 4 aliphatic rings. The molecule has 9 unspecified atom stereocenters. The molecule has 9 atom stereocenters. The van der Waals surface area contributed by atoms with E-state index in [1.165, 1.54) is 0 Å². The summed E-state index contributed by atoms with van der Waals surface area (Å²) in [4.78, 5) is 38.3. The summed E-state index contributed by atoms with van der Waals surface area (Å²) in [6, 6.07) is 0. The van der Waals surface area contributed by atoms with Crippen LogP contribution in [0.1, 0.15) is 53.9 Å². The van der Waals surface area contributed by atoms with Crippen molar-refractivity contribution < 1.29 is 41.8 Å². The largest absolute Gasteiger partial charge is 0.458 e. The minimum Gasteiger partial charge on any atom is -0.458 e. The molecule has 0 aromatic rings. The number of carbonyl (C=O) groups excluding carboxylic acids is 3. The Morgan fingerprint density at radius 3 is 2.47 bits per heavy atom. The van der Waals surface area contributed by atoms with Crippen LogP contribution in [0.5, 0.6) is 0 Å². The van der Waals surface area contributed by atoms with Crippen molar-refractivity contribution in [3.8, 4) is 0 Å². The van der Waals surface area contributed by atoms with Crippen molar-refractivity contribution in [2.75, 3.05) is 6.61 Å². The van der Waals surface area contributed by atoms with Crippen LogP contribution in [0.3, 0.4) is 0 Å². The second kappa shape index (κ2) is 7.35. The minimum absolute atomic E-state index is 0.0772. The molecule has 4 rings (SSSR count). The zero-order valence-electron chi connectivity index (χ0n) is 19.0. The van der Waals surface area contributed by atoms with Crippen LogP contribution in [0.25, 0.3) is 0 Å². The van der Waals surface area contributed by atoms with E-state index >= 15 is 0 Å². The van der Waals surface area contributed by atoms with Crippen molar-refractivity contribution >= 4 is 17.9 Å². The summed E-state index contributed by atoms with van der Waals surface area (Å²) >= 11 is 0. The van der Waals surface area contributed by atoms with Gasteiger partial charge in [-0.05, 0) is 37.5 Å². The molecule has 1 saturated heterocycles. The number of carbonyl (C=O) groups is 3. The molecular formula is C23H31F3O6. The molecule has 180 valence electrons. The number of rotatable bonds is 8. The Bertz CT molecular complexity index is 825. The van der Waals surface area contributed by atoms with E-state index in [4.69, 9.17) is 9.47 Å². The van der Waals surface area contributed by atoms with Gasteiger partial charge >= 0.3 is 24.1 Å². The van der Waals surface area contributed by atoms with E-state index in [0.717, 1.165) is 6.42 Å². The summed E-state index contributed by atoms with van der Waals surface area (Å²) in [7, 11) is 0. The molecule has 0 radical (unpaired) electrons. The van der Waals surface area contributed by atoms with E-state index < -0.39 is 59.6 Å². The molecule has 6 nitrogen and oxygen atoms in total. The van der Waals surface area contributed by atoms with Gasteiger partial charge in [0.25, 0.3) is 0 Å². The third-order valence-electron chi connectivity index (χ3n) is 8.52. The summed E-state index contributed by atoms with van der Waals surface area (Å²) in [5, 5.41) is 0. The Morgan fingerprint density at radius 2 is 1.91 bits per heavy atom. The van der Waals surface area contributed by atoms with Gasteiger partial charge in [-0.15, -0.1) is 0 Å². The highest BCUT2D eigenvalue weighted by molar-refractivity contribution is 5.88. The van der Waals surface area contributed by atoms with E-state index in [2.05, 4.69) is 4.74 Å². The molecule has 32 heavy (non-hydrogen) atoms. The van der Waals surface area contributed by atoms with Gasteiger partial charge in [-0.25, -0.2) is 0 Å². The lowest BCUT2D eigenvalue weighted by molar-refractivity contribution is -0.208. The topological polar surface area (TPSA) is 78.9 Å². The van der Waals surface area contributed by atoms with Gasteiger partial charge in [0.2, 0.25) is 0 Å². The van der Waals surface area contributed by atoms with Gasteiger partial charge in [-0.1, -0.05) is 34.1 Å². The van der Waals surface area contributed by atoms with Gasteiger partial charge in [-0.3, -0.25) is 14.4 Å². The number of halogens is 3. The fourth-order valence-electron chi connectivity index (χ4n) is 6.79. The van der Waals surface area contributed by atoms with Crippen molar-refractivity contribution in [3.05, 3.63) is 0 Å². The van der Waals surface area contributed by atoms with Crippen LogP contribution in [0.15, 0.2) is 0 Å². The van der Waals surface area contributed by atoms with Crippen LogP contribution in [-0.4, -0.2) is 42.9 Å². The average molecular weight is 460 g/mol. The van der Waals surface area contributed by atoms with Crippen LogP contribution in [0.2, 0.25) is 0 Å². The van der Waals surface area contributed by atoms with Crippen molar-refractivity contribution in [3.63, 3.8) is 0 Å². The summed E-state index contributed by atoms with van der Waals surface area (Å²) in [5.74, 6) is -4.02. The molecule has 9 heteroatoms. The first-order chi connectivity index (χ1) is 14.8. The van der Waals surface area contributed by atoms with Crippen LogP contribution < -0.4 is 0 Å². The molecule has 1 aliphatic heterocycles. The zero-order chi connectivity index (χ0) is 23.8. The van der Waals surface area contributed by atoms with E-state index in [1.807, 2.05) is 34.6 Å². The fraction of sp³-hybridized carbons (Fsp3) is 0.870. The molecule has 0 aromatic carbocycles. The van der Waals surface area contributed by atoms with Crippen LogP contribution in [-0.2, 0) is 28.6 Å². The molecule has 4 fully saturated rings. The average Bonchev–Trinajstić information content (AvgIpc) is 3.28. The van der Waals surface area contributed by atoms with Crippen LogP contribution >= 0.6 is 0 Å². The standard InChI is InChI=1S/C23H31F3O6/c1-6-11(4)21(5,7-10(2)3)20(29)32-17-16-15-14(19(28)31-16)13(12-8-22(12,15)17)18(27)30-9-23(24,25)26/h10-17H,6-9H2,1-5H3. The summed E-state index contributed by atoms with van der Waals surface area (Å²) in [6.07, 6.45) is -3.96. The predicted molar refractivity (Wildman–Crippen MR) is 105 cm³/mol. The monoisotopic (exact) mass is 460 g/mol. The summed E-state index contributed by atoms with van der Waals surface area (Å²) < 4.78 is 53.5. The molecule has 0 aromatic heterocycles. The molecule has 0 amide bonds. The Morgan fingerprint density at radius 1 is 1.25 bits per heavy atom. The minimum atomic E-state index is -4.64. The summed E-state index contributed by atoms with van der Waals surface area (Å²) in [6.45, 7) is 8.33.